The molecular weight excluding hydrogens is 427 g/mol. The summed E-state index contributed by atoms with van der Waals surface area (Å²) in [6.45, 7) is 3.14. The second-order valence-corrected chi connectivity index (χ2v) is 9.68. The van der Waals surface area contributed by atoms with E-state index in [0.717, 1.165) is 0 Å². The number of hydrogen-bond donors (Lipinski definition) is 0. The van der Waals surface area contributed by atoms with Gasteiger partial charge in [-0.2, -0.15) is 4.99 Å². The van der Waals surface area contributed by atoms with Gasteiger partial charge in [0.1, 0.15) is 5.82 Å². The maximum absolute atomic E-state index is 14.4. The second kappa shape index (κ2) is 10.1. The maximum Gasteiger partial charge on any atom is 0.248 e. The van der Waals surface area contributed by atoms with Crippen LogP contribution in [-0.4, -0.2) is 37.9 Å². The van der Waals surface area contributed by atoms with E-state index in [1.54, 1.807) is 34.9 Å². The first kappa shape index (κ1) is 22.3. The van der Waals surface area contributed by atoms with Crippen LogP contribution in [0.2, 0.25) is 0 Å². The van der Waals surface area contributed by atoms with Gasteiger partial charge >= 0.3 is 0 Å². The van der Waals surface area contributed by atoms with E-state index in [1.807, 2.05) is 6.92 Å². The molecule has 0 N–H and O–H groups in total. The molecule has 0 fully saturated rings. The summed E-state index contributed by atoms with van der Waals surface area (Å²) in [5.74, 6) is -0.956. The van der Waals surface area contributed by atoms with Crippen molar-refractivity contribution in [1.29, 1.82) is 0 Å². The molecule has 3 rings (SSSR count). The van der Waals surface area contributed by atoms with Gasteiger partial charge in [0.2, 0.25) is 5.91 Å². The first-order chi connectivity index (χ1) is 14.4. The predicted molar refractivity (Wildman–Crippen MR) is 115 cm³/mol. The van der Waals surface area contributed by atoms with Crippen LogP contribution in [0.5, 0.6) is 0 Å². The summed E-state index contributed by atoms with van der Waals surface area (Å²) in [5, 5.41) is 0. The number of sulfone groups is 1. The number of fused-ring (bicyclic) bond motifs is 1. The quantitative estimate of drug-likeness (QED) is 0.467. The van der Waals surface area contributed by atoms with Crippen molar-refractivity contribution in [2.24, 2.45) is 4.99 Å². The van der Waals surface area contributed by atoms with Gasteiger partial charge in [0.05, 0.1) is 27.5 Å². The minimum absolute atomic E-state index is 0.00570. The molecule has 1 aromatic heterocycles. The van der Waals surface area contributed by atoms with Crippen LogP contribution in [0, 0.1) is 5.82 Å². The second-order valence-electron chi connectivity index (χ2n) is 6.56. The number of benzene rings is 2. The molecule has 0 radical (unpaired) electrons. The molecule has 2 aromatic carbocycles. The summed E-state index contributed by atoms with van der Waals surface area (Å²) in [6.07, 6.45) is 0.159. The van der Waals surface area contributed by atoms with Gasteiger partial charge in [-0.1, -0.05) is 35.6 Å². The molecule has 0 aliphatic carbocycles. The number of carbonyl (C=O) groups is 1. The Morgan fingerprint density at radius 3 is 2.67 bits per heavy atom. The molecule has 0 bridgehead atoms. The van der Waals surface area contributed by atoms with Crippen molar-refractivity contribution in [3.63, 3.8) is 0 Å². The molecular formula is C21H23FN2O4S2. The Labute approximate surface area is 178 Å². The van der Waals surface area contributed by atoms with Crippen molar-refractivity contribution in [1.82, 2.24) is 4.57 Å². The van der Waals surface area contributed by atoms with Gasteiger partial charge in [0.25, 0.3) is 0 Å². The zero-order valence-electron chi connectivity index (χ0n) is 16.6. The van der Waals surface area contributed by atoms with Crippen molar-refractivity contribution in [2.75, 3.05) is 19.0 Å². The van der Waals surface area contributed by atoms with E-state index >= 15 is 0 Å². The van der Waals surface area contributed by atoms with Crippen LogP contribution in [0.25, 0.3) is 10.2 Å². The molecule has 3 aromatic rings. The first-order valence-electron chi connectivity index (χ1n) is 9.63. The lowest BCUT2D eigenvalue weighted by Crippen LogP contribution is -2.20. The van der Waals surface area contributed by atoms with E-state index in [0.29, 0.717) is 34.8 Å². The van der Waals surface area contributed by atoms with Gasteiger partial charge in [-0.3, -0.25) is 4.79 Å². The highest BCUT2D eigenvalue weighted by molar-refractivity contribution is 7.91. The topological polar surface area (TPSA) is 77.7 Å². The third kappa shape index (κ3) is 5.41. The number of para-hydroxylation sites is 1. The normalized spacial score (nSPS) is 12.5. The SMILES string of the molecule is CCOCCn1c(=NC(=O)CCCS(=O)(=O)c2ccccc2)sc2cccc(F)c21. The van der Waals surface area contributed by atoms with Crippen molar-refractivity contribution in [3.8, 4) is 0 Å². The van der Waals surface area contributed by atoms with Crippen molar-refractivity contribution in [3.05, 3.63) is 59.1 Å². The predicted octanol–water partition coefficient (Wildman–Crippen LogP) is 3.56. The van der Waals surface area contributed by atoms with Crippen LogP contribution < -0.4 is 4.80 Å². The lowest BCUT2D eigenvalue weighted by molar-refractivity contribution is -0.118. The van der Waals surface area contributed by atoms with E-state index in [9.17, 15) is 17.6 Å². The molecule has 0 unspecified atom stereocenters. The maximum atomic E-state index is 14.4. The minimum atomic E-state index is -3.44. The number of thiazole rings is 1. The molecule has 0 atom stereocenters. The standard InChI is InChI=1S/C21H23FN2O4S2/c1-2-28-14-13-24-20-17(22)10-6-11-18(20)29-21(24)23-19(25)12-7-15-30(26,27)16-8-4-3-5-9-16/h3-6,8-11H,2,7,12-15H2,1H3. The molecule has 0 aliphatic rings. The Bertz CT molecular complexity index is 1180. The van der Waals surface area contributed by atoms with E-state index in [1.165, 1.54) is 29.5 Å². The number of rotatable bonds is 9. The van der Waals surface area contributed by atoms with Crippen LogP contribution in [0.15, 0.2) is 58.4 Å². The van der Waals surface area contributed by atoms with Crippen LogP contribution in [0.4, 0.5) is 4.39 Å². The van der Waals surface area contributed by atoms with Crippen LogP contribution in [0.1, 0.15) is 19.8 Å². The highest BCUT2D eigenvalue weighted by atomic mass is 32.2. The average Bonchev–Trinajstić information content (AvgIpc) is 3.07. The summed E-state index contributed by atoms with van der Waals surface area (Å²) in [5.41, 5.74) is 0.389. The number of carbonyl (C=O) groups excluding carboxylic acids is 1. The molecule has 30 heavy (non-hydrogen) atoms. The Balaban J connectivity index is 1.76. The largest absolute Gasteiger partial charge is 0.380 e. The molecule has 0 saturated heterocycles. The third-order valence-corrected chi connectivity index (χ3v) is 7.30. The molecule has 1 amide bonds. The number of aromatic nitrogens is 1. The van der Waals surface area contributed by atoms with E-state index in [-0.39, 0.29) is 29.3 Å². The van der Waals surface area contributed by atoms with Crippen molar-refractivity contribution < 1.29 is 22.3 Å². The molecule has 1 heterocycles. The molecule has 160 valence electrons. The van der Waals surface area contributed by atoms with Crippen LogP contribution in [0.3, 0.4) is 0 Å². The van der Waals surface area contributed by atoms with E-state index in [2.05, 4.69) is 4.99 Å². The Morgan fingerprint density at radius 1 is 1.17 bits per heavy atom. The Hall–Kier alpha value is -2.36. The number of ether oxygens (including phenoxy) is 1. The number of halogens is 1. The van der Waals surface area contributed by atoms with Gasteiger partial charge in [0.15, 0.2) is 14.6 Å². The molecule has 0 spiro atoms. The summed E-state index contributed by atoms with van der Waals surface area (Å²) >= 11 is 1.22. The Morgan fingerprint density at radius 2 is 1.93 bits per heavy atom. The van der Waals surface area contributed by atoms with Gasteiger partial charge in [-0.15, -0.1) is 0 Å². The molecule has 6 nitrogen and oxygen atoms in total. The molecule has 0 saturated carbocycles. The highest BCUT2D eigenvalue weighted by Crippen LogP contribution is 2.20. The van der Waals surface area contributed by atoms with Crippen molar-refractivity contribution >= 4 is 37.3 Å². The van der Waals surface area contributed by atoms with Crippen LogP contribution >= 0.6 is 11.3 Å². The smallest absolute Gasteiger partial charge is 0.248 e. The average molecular weight is 451 g/mol. The zero-order chi connectivity index (χ0) is 21.6. The van der Waals surface area contributed by atoms with Crippen LogP contribution in [-0.2, 0) is 25.9 Å². The van der Waals surface area contributed by atoms with E-state index < -0.39 is 15.7 Å². The molecule has 0 aliphatic heterocycles. The first-order valence-corrected chi connectivity index (χ1v) is 12.1. The Kier molecular flexibility index (Phi) is 7.52. The lowest BCUT2D eigenvalue weighted by Gasteiger charge is -2.06. The number of hydrogen-bond acceptors (Lipinski definition) is 5. The summed E-state index contributed by atoms with van der Waals surface area (Å²) < 4.78 is 46.7. The highest BCUT2D eigenvalue weighted by Gasteiger charge is 2.15. The fourth-order valence-electron chi connectivity index (χ4n) is 3.00. The van der Waals surface area contributed by atoms with Gasteiger partial charge < -0.3 is 9.30 Å². The van der Waals surface area contributed by atoms with Gasteiger partial charge in [-0.25, -0.2) is 12.8 Å². The summed E-state index contributed by atoms with van der Waals surface area (Å²) in [6, 6.07) is 12.9. The lowest BCUT2D eigenvalue weighted by atomic mass is 10.3. The zero-order valence-corrected chi connectivity index (χ0v) is 18.2. The van der Waals surface area contributed by atoms with E-state index in [4.69, 9.17) is 4.74 Å². The van der Waals surface area contributed by atoms with Gasteiger partial charge in [0, 0.05) is 19.6 Å². The molecule has 9 heteroatoms. The van der Waals surface area contributed by atoms with Crippen molar-refractivity contribution in [2.45, 2.75) is 31.2 Å². The fourth-order valence-corrected chi connectivity index (χ4v) is 5.42. The van der Waals surface area contributed by atoms with Gasteiger partial charge in [-0.05, 0) is 37.6 Å². The number of nitrogens with zero attached hydrogens (tertiary/aromatic N) is 2. The fraction of sp³-hybridized carbons (Fsp3) is 0.333. The summed E-state index contributed by atoms with van der Waals surface area (Å²) in [4.78, 5) is 17.1. The number of amides is 1. The summed E-state index contributed by atoms with van der Waals surface area (Å²) in [7, 11) is -3.44. The third-order valence-electron chi connectivity index (χ3n) is 4.44. The minimum Gasteiger partial charge on any atom is -0.380 e. The monoisotopic (exact) mass is 450 g/mol.